The first-order valence-electron chi connectivity index (χ1n) is 6.31. The summed E-state index contributed by atoms with van der Waals surface area (Å²) in [4.78, 5) is 22.3. The highest BCUT2D eigenvalue weighted by atomic mass is 16.2. The van der Waals surface area contributed by atoms with Gasteiger partial charge in [-0.25, -0.2) is 10.8 Å². The Morgan fingerprint density at radius 3 is 2.65 bits per heavy atom. The predicted octanol–water partition coefficient (Wildman–Crippen LogP) is 1.60. The maximum Gasteiger partial charge on any atom is 0.258 e. The maximum atomic E-state index is 12.5. The van der Waals surface area contributed by atoms with Crippen molar-refractivity contribution >= 4 is 17.4 Å². The molecule has 104 valence electrons. The first kappa shape index (κ1) is 14.0. The molecule has 0 aliphatic carbocycles. The number of carbonyl (C=O) groups excluding carboxylic acids is 1. The second kappa shape index (κ2) is 6.12. The molecule has 6 nitrogen and oxygen atoms in total. The third-order valence-corrected chi connectivity index (χ3v) is 2.99. The fourth-order valence-electron chi connectivity index (χ4n) is 1.84. The molecular weight excluding hydrogens is 254 g/mol. The molecule has 0 radical (unpaired) electrons. The molecule has 2 aromatic rings. The van der Waals surface area contributed by atoms with E-state index in [-0.39, 0.29) is 5.91 Å². The minimum Gasteiger partial charge on any atom is -0.311 e. The number of rotatable bonds is 4. The van der Waals surface area contributed by atoms with Crippen molar-refractivity contribution in [1.29, 1.82) is 0 Å². The summed E-state index contributed by atoms with van der Waals surface area (Å²) in [6, 6.07) is 6.98. The van der Waals surface area contributed by atoms with Gasteiger partial charge in [0.25, 0.3) is 5.91 Å². The minimum absolute atomic E-state index is 0.121. The van der Waals surface area contributed by atoms with Crippen LogP contribution in [0.5, 0.6) is 0 Å². The quantitative estimate of drug-likeness (QED) is 0.652. The summed E-state index contributed by atoms with van der Waals surface area (Å²) in [7, 11) is 1.72. The van der Waals surface area contributed by atoms with Gasteiger partial charge in [-0.2, -0.15) is 0 Å². The summed E-state index contributed by atoms with van der Waals surface area (Å²) in [5.74, 6) is 5.75. The number of amides is 1. The number of nitrogens with one attached hydrogen (secondary N) is 1. The van der Waals surface area contributed by atoms with Crippen LogP contribution in [-0.2, 0) is 6.42 Å². The third-order valence-electron chi connectivity index (χ3n) is 2.99. The Morgan fingerprint density at radius 1 is 1.35 bits per heavy atom. The number of carbonyl (C=O) groups is 1. The fourth-order valence-corrected chi connectivity index (χ4v) is 1.84. The molecule has 3 N–H and O–H groups in total. The van der Waals surface area contributed by atoms with Crippen LogP contribution in [0.1, 0.15) is 23.0 Å². The van der Waals surface area contributed by atoms with Gasteiger partial charge in [0, 0.05) is 36.4 Å². The van der Waals surface area contributed by atoms with E-state index >= 15 is 0 Å². The highest BCUT2D eigenvalue weighted by Gasteiger charge is 2.15. The van der Waals surface area contributed by atoms with Crippen molar-refractivity contribution in [3.8, 4) is 0 Å². The molecule has 0 aliphatic rings. The molecule has 0 unspecified atom stereocenters. The largest absolute Gasteiger partial charge is 0.311 e. The first-order chi connectivity index (χ1) is 9.65. The Kier molecular flexibility index (Phi) is 4.27. The van der Waals surface area contributed by atoms with E-state index < -0.39 is 0 Å². The maximum absolute atomic E-state index is 12.5. The van der Waals surface area contributed by atoms with Crippen molar-refractivity contribution < 1.29 is 4.79 Å². The van der Waals surface area contributed by atoms with Crippen molar-refractivity contribution in [2.75, 3.05) is 17.4 Å². The monoisotopic (exact) mass is 271 g/mol. The number of nitrogens with zero attached hydrogens (tertiary/aromatic N) is 3. The van der Waals surface area contributed by atoms with Crippen LogP contribution in [0, 0.1) is 0 Å². The molecule has 0 fully saturated rings. The Bertz CT molecular complexity index is 578. The van der Waals surface area contributed by atoms with Crippen LogP contribution in [0.3, 0.4) is 0 Å². The van der Waals surface area contributed by atoms with Gasteiger partial charge < -0.3 is 10.3 Å². The van der Waals surface area contributed by atoms with E-state index in [1.165, 1.54) is 0 Å². The lowest BCUT2D eigenvalue weighted by atomic mass is 10.1. The Morgan fingerprint density at radius 2 is 2.05 bits per heavy atom. The van der Waals surface area contributed by atoms with Crippen molar-refractivity contribution in [3.63, 3.8) is 0 Å². The lowest BCUT2D eigenvalue weighted by molar-refractivity contribution is 0.0993. The molecule has 0 spiro atoms. The standard InChI is InChI=1S/C14H17N5O/c1-3-11-8-10(9-13(17-11)18-15)14(20)19(2)12-4-6-16-7-5-12/h4-9H,3,15H2,1-2H3,(H,17,18). The van der Waals surface area contributed by atoms with Crippen LogP contribution in [0.2, 0.25) is 0 Å². The average molecular weight is 271 g/mol. The molecule has 2 heterocycles. The van der Waals surface area contributed by atoms with Crippen LogP contribution in [-0.4, -0.2) is 22.9 Å². The van der Waals surface area contributed by atoms with Crippen LogP contribution in [0.25, 0.3) is 0 Å². The summed E-state index contributed by atoms with van der Waals surface area (Å²) in [6.45, 7) is 1.98. The average Bonchev–Trinajstić information content (AvgIpc) is 2.53. The molecule has 2 rings (SSSR count). The van der Waals surface area contributed by atoms with Gasteiger partial charge in [0.15, 0.2) is 0 Å². The molecule has 20 heavy (non-hydrogen) atoms. The van der Waals surface area contributed by atoms with Gasteiger partial charge in [0.2, 0.25) is 0 Å². The highest BCUT2D eigenvalue weighted by Crippen LogP contribution is 2.17. The van der Waals surface area contributed by atoms with Crippen LogP contribution < -0.4 is 16.2 Å². The van der Waals surface area contributed by atoms with E-state index in [0.29, 0.717) is 11.4 Å². The Labute approximate surface area is 117 Å². The van der Waals surface area contributed by atoms with Crippen molar-refractivity contribution in [1.82, 2.24) is 9.97 Å². The molecule has 0 aliphatic heterocycles. The molecule has 6 heteroatoms. The van der Waals surface area contributed by atoms with Crippen molar-refractivity contribution in [2.45, 2.75) is 13.3 Å². The van der Waals surface area contributed by atoms with E-state index in [2.05, 4.69) is 15.4 Å². The third kappa shape index (κ3) is 2.92. The number of nitrogen functional groups attached to an aromatic ring is 1. The second-order valence-corrected chi connectivity index (χ2v) is 4.30. The van der Waals surface area contributed by atoms with E-state index in [9.17, 15) is 4.79 Å². The first-order valence-corrected chi connectivity index (χ1v) is 6.31. The zero-order valence-corrected chi connectivity index (χ0v) is 11.5. The van der Waals surface area contributed by atoms with E-state index in [1.807, 2.05) is 6.92 Å². The molecule has 0 aromatic carbocycles. The lowest BCUT2D eigenvalue weighted by Gasteiger charge is -2.17. The summed E-state index contributed by atoms with van der Waals surface area (Å²) < 4.78 is 0. The number of hydrazine groups is 1. The number of hydrogen-bond acceptors (Lipinski definition) is 5. The van der Waals surface area contributed by atoms with Gasteiger partial charge in [-0.3, -0.25) is 9.78 Å². The lowest BCUT2D eigenvalue weighted by Crippen LogP contribution is -2.26. The van der Waals surface area contributed by atoms with Gasteiger partial charge in [-0.15, -0.1) is 0 Å². The summed E-state index contributed by atoms with van der Waals surface area (Å²) in [6.07, 6.45) is 4.03. The Hall–Kier alpha value is -2.47. The molecule has 0 atom stereocenters. The number of anilines is 2. The second-order valence-electron chi connectivity index (χ2n) is 4.30. The van der Waals surface area contributed by atoms with Crippen molar-refractivity contribution in [2.24, 2.45) is 5.84 Å². The van der Waals surface area contributed by atoms with Gasteiger partial charge >= 0.3 is 0 Å². The smallest absolute Gasteiger partial charge is 0.258 e. The van der Waals surface area contributed by atoms with Crippen LogP contribution in [0.15, 0.2) is 36.7 Å². The van der Waals surface area contributed by atoms with E-state index in [1.54, 1.807) is 48.6 Å². The molecular formula is C14H17N5O. The summed E-state index contributed by atoms with van der Waals surface area (Å²) in [5, 5.41) is 0. The normalized spacial score (nSPS) is 10.2. The van der Waals surface area contributed by atoms with Gasteiger partial charge in [0.05, 0.1) is 0 Å². The summed E-state index contributed by atoms with van der Waals surface area (Å²) in [5.41, 5.74) is 4.62. The molecule has 0 saturated carbocycles. The number of aryl methyl sites for hydroxylation is 1. The highest BCUT2D eigenvalue weighted by molar-refractivity contribution is 6.06. The zero-order chi connectivity index (χ0) is 14.5. The predicted molar refractivity (Wildman–Crippen MR) is 78.4 cm³/mol. The molecule has 1 amide bonds. The number of aromatic nitrogens is 2. The van der Waals surface area contributed by atoms with Gasteiger partial charge in [-0.1, -0.05) is 6.92 Å². The topological polar surface area (TPSA) is 84.1 Å². The molecule has 0 saturated heterocycles. The summed E-state index contributed by atoms with van der Waals surface area (Å²) >= 11 is 0. The van der Waals surface area contributed by atoms with Crippen LogP contribution in [0.4, 0.5) is 11.5 Å². The SMILES string of the molecule is CCc1cc(C(=O)N(C)c2ccncc2)cc(NN)n1. The fraction of sp³-hybridized carbons (Fsp3) is 0.214. The molecule has 2 aromatic heterocycles. The van der Waals surface area contributed by atoms with Gasteiger partial charge in [-0.05, 0) is 30.7 Å². The van der Waals surface area contributed by atoms with Crippen LogP contribution >= 0.6 is 0 Å². The zero-order valence-electron chi connectivity index (χ0n) is 11.5. The van der Waals surface area contributed by atoms with E-state index in [4.69, 9.17) is 5.84 Å². The number of hydrogen-bond donors (Lipinski definition) is 2. The number of nitrogens with two attached hydrogens (primary N) is 1. The van der Waals surface area contributed by atoms with E-state index in [0.717, 1.165) is 17.8 Å². The molecule has 0 bridgehead atoms. The van der Waals surface area contributed by atoms with Gasteiger partial charge in [0.1, 0.15) is 5.82 Å². The minimum atomic E-state index is -0.121. The Balaban J connectivity index is 2.33. The number of pyridine rings is 2. The van der Waals surface area contributed by atoms with Crippen molar-refractivity contribution in [3.05, 3.63) is 47.9 Å².